The number of rotatable bonds is 4. The van der Waals surface area contributed by atoms with Crippen LogP contribution < -0.4 is 10.2 Å². The third-order valence-electron chi connectivity index (χ3n) is 4.93. The van der Waals surface area contributed by atoms with Gasteiger partial charge in [0.25, 0.3) is 5.91 Å². The van der Waals surface area contributed by atoms with Gasteiger partial charge in [-0.2, -0.15) is 5.10 Å². The number of benzene rings is 1. The number of fused-ring (bicyclic) bond motifs is 1. The molecule has 0 atom stereocenters. The summed E-state index contributed by atoms with van der Waals surface area (Å²) in [5.41, 5.74) is 2.20. The minimum absolute atomic E-state index is 0.264. The smallest absolute Gasteiger partial charge is 0.276 e. The van der Waals surface area contributed by atoms with E-state index in [1.54, 1.807) is 42.6 Å². The first-order valence-electron chi connectivity index (χ1n) is 9.31. The summed E-state index contributed by atoms with van der Waals surface area (Å²) in [6.45, 7) is 1.95. The SMILES string of the molecule is O=C(Nc1ccnc(N2CCC2)c1)c1cnc2ccc(-c3ccccc3F)nn12. The molecule has 0 spiro atoms. The molecule has 0 bridgehead atoms. The number of carbonyl (C=O) groups is 1. The highest BCUT2D eigenvalue weighted by atomic mass is 19.1. The van der Waals surface area contributed by atoms with Gasteiger partial charge in [0.05, 0.1) is 11.9 Å². The molecule has 5 rings (SSSR count). The summed E-state index contributed by atoms with van der Waals surface area (Å²) in [7, 11) is 0. The minimum Gasteiger partial charge on any atom is -0.356 e. The number of hydrogen-bond acceptors (Lipinski definition) is 5. The molecule has 1 fully saturated rings. The topological polar surface area (TPSA) is 75.4 Å². The molecular formula is C21H17FN6O. The minimum atomic E-state index is -0.374. The van der Waals surface area contributed by atoms with Crippen molar-refractivity contribution in [3.63, 3.8) is 0 Å². The van der Waals surface area contributed by atoms with Crippen LogP contribution in [0.15, 0.2) is 60.9 Å². The molecule has 1 aliphatic heterocycles. The third kappa shape index (κ3) is 3.18. The Bertz CT molecular complexity index is 1220. The molecule has 0 saturated carbocycles. The summed E-state index contributed by atoms with van der Waals surface area (Å²) in [4.78, 5) is 23.6. The zero-order valence-electron chi connectivity index (χ0n) is 15.4. The molecule has 144 valence electrons. The summed E-state index contributed by atoms with van der Waals surface area (Å²) >= 11 is 0. The Hall–Kier alpha value is -3.81. The van der Waals surface area contributed by atoms with E-state index >= 15 is 0 Å². The van der Waals surface area contributed by atoms with Crippen LogP contribution in [0.2, 0.25) is 0 Å². The lowest BCUT2D eigenvalue weighted by Crippen LogP contribution is -2.37. The Kier molecular flexibility index (Phi) is 4.16. The number of nitrogens with one attached hydrogen (secondary N) is 1. The van der Waals surface area contributed by atoms with Crippen LogP contribution in [-0.4, -0.2) is 38.6 Å². The van der Waals surface area contributed by atoms with Crippen molar-refractivity contribution in [2.75, 3.05) is 23.3 Å². The fraction of sp³-hybridized carbons (Fsp3) is 0.143. The first-order valence-corrected chi connectivity index (χ1v) is 9.31. The van der Waals surface area contributed by atoms with Gasteiger partial charge in [-0.05, 0) is 36.8 Å². The van der Waals surface area contributed by atoms with E-state index in [1.165, 1.54) is 16.8 Å². The summed E-state index contributed by atoms with van der Waals surface area (Å²) in [6, 6.07) is 13.4. The Morgan fingerprint density at radius 2 is 1.93 bits per heavy atom. The van der Waals surface area contributed by atoms with Crippen molar-refractivity contribution in [3.8, 4) is 11.3 Å². The summed E-state index contributed by atoms with van der Waals surface area (Å²) in [5.74, 6) is 0.115. The Balaban J connectivity index is 1.46. The predicted molar refractivity (Wildman–Crippen MR) is 107 cm³/mol. The van der Waals surface area contributed by atoms with Crippen molar-refractivity contribution in [3.05, 3.63) is 72.4 Å². The highest BCUT2D eigenvalue weighted by Gasteiger charge is 2.18. The van der Waals surface area contributed by atoms with Crippen LogP contribution in [0.25, 0.3) is 16.9 Å². The second-order valence-corrected chi connectivity index (χ2v) is 6.81. The number of aromatic nitrogens is 4. The maximum Gasteiger partial charge on any atom is 0.276 e. The lowest BCUT2D eigenvalue weighted by molar-refractivity contribution is 0.102. The van der Waals surface area contributed by atoms with E-state index in [0.29, 0.717) is 22.6 Å². The van der Waals surface area contributed by atoms with E-state index in [0.717, 1.165) is 25.3 Å². The maximum absolute atomic E-state index is 14.1. The van der Waals surface area contributed by atoms with Gasteiger partial charge in [-0.15, -0.1) is 0 Å². The number of halogens is 1. The average Bonchev–Trinajstić information content (AvgIpc) is 3.11. The van der Waals surface area contributed by atoms with Crippen molar-refractivity contribution in [1.29, 1.82) is 0 Å². The molecule has 1 N–H and O–H groups in total. The number of anilines is 2. The van der Waals surface area contributed by atoms with Crippen molar-refractivity contribution in [1.82, 2.24) is 19.6 Å². The quantitative estimate of drug-likeness (QED) is 0.580. The first kappa shape index (κ1) is 17.3. The molecule has 4 heterocycles. The lowest BCUT2D eigenvalue weighted by atomic mass is 10.1. The van der Waals surface area contributed by atoms with Crippen LogP contribution in [0.3, 0.4) is 0 Å². The van der Waals surface area contributed by atoms with Gasteiger partial charge in [0.1, 0.15) is 11.6 Å². The van der Waals surface area contributed by atoms with E-state index in [4.69, 9.17) is 0 Å². The van der Waals surface area contributed by atoms with Gasteiger partial charge in [-0.25, -0.2) is 18.9 Å². The predicted octanol–water partition coefficient (Wildman–Crippen LogP) is 3.39. The normalized spacial score (nSPS) is 13.3. The Morgan fingerprint density at radius 1 is 1.07 bits per heavy atom. The molecule has 0 radical (unpaired) electrons. The van der Waals surface area contributed by atoms with Crippen LogP contribution in [0.5, 0.6) is 0 Å². The van der Waals surface area contributed by atoms with Gasteiger partial charge < -0.3 is 10.2 Å². The molecule has 1 saturated heterocycles. The standard InChI is InChI=1S/C21H17FN6O/c22-16-5-2-1-4-15(16)17-6-7-19-24-13-18(28(19)26-17)21(29)25-14-8-9-23-20(12-14)27-10-3-11-27/h1-2,4-9,12-13H,3,10-11H2,(H,23,25,29). The summed E-state index contributed by atoms with van der Waals surface area (Å²) in [5, 5.41) is 7.30. The Labute approximate surface area is 165 Å². The van der Waals surface area contributed by atoms with E-state index in [1.807, 2.05) is 6.07 Å². The second kappa shape index (κ2) is 6.97. The molecular weight excluding hydrogens is 371 g/mol. The molecule has 8 heteroatoms. The van der Waals surface area contributed by atoms with Gasteiger partial charge >= 0.3 is 0 Å². The average molecular weight is 388 g/mol. The van der Waals surface area contributed by atoms with Gasteiger partial charge in [0.2, 0.25) is 0 Å². The number of carbonyl (C=O) groups excluding carboxylic acids is 1. The highest BCUT2D eigenvalue weighted by Crippen LogP contribution is 2.23. The number of hydrogen-bond donors (Lipinski definition) is 1. The maximum atomic E-state index is 14.1. The largest absolute Gasteiger partial charge is 0.356 e. The van der Waals surface area contributed by atoms with Crippen LogP contribution >= 0.6 is 0 Å². The molecule has 1 aromatic carbocycles. The van der Waals surface area contributed by atoms with Crippen molar-refractivity contribution >= 4 is 23.1 Å². The number of amides is 1. The summed E-state index contributed by atoms with van der Waals surface area (Å²) < 4.78 is 15.6. The number of pyridine rings is 1. The van der Waals surface area contributed by atoms with Crippen molar-refractivity contribution in [2.45, 2.75) is 6.42 Å². The van der Waals surface area contributed by atoms with E-state index in [-0.39, 0.29) is 17.4 Å². The lowest BCUT2D eigenvalue weighted by Gasteiger charge is -2.32. The van der Waals surface area contributed by atoms with Crippen molar-refractivity contribution < 1.29 is 9.18 Å². The van der Waals surface area contributed by atoms with Crippen LogP contribution in [-0.2, 0) is 0 Å². The second-order valence-electron chi connectivity index (χ2n) is 6.81. The number of nitrogens with zero attached hydrogens (tertiary/aromatic N) is 5. The highest BCUT2D eigenvalue weighted by molar-refractivity contribution is 6.03. The molecule has 4 aromatic rings. The molecule has 1 aliphatic rings. The summed E-state index contributed by atoms with van der Waals surface area (Å²) in [6.07, 6.45) is 4.28. The molecule has 0 aliphatic carbocycles. The van der Waals surface area contributed by atoms with E-state index < -0.39 is 0 Å². The molecule has 3 aromatic heterocycles. The van der Waals surface area contributed by atoms with Crippen LogP contribution in [0.4, 0.5) is 15.9 Å². The fourth-order valence-electron chi connectivity index (χ4n) is 3.25. The first-order chi connectivity index (χ1) is 14.2. The van der Waals surface area contributed by atoms with E-state index in [2.05, 4.69) is 25.3 Å². The van der Waals surface area contributed by atoms with Gasteiger partial charge in [0, 0.05) is 36.6 Å². The van der Waals surface area contributed by atoms with Crippen molar-refractivity contribution in [2.24, 2.45) is 0 Å². The number of imidazole rings is 1. The fourth-order valence-corrected chi connectivity index (χ4v) is 3.25. The van der Waals surface area contributed by atoms with Gasteiger partial charge in [-0.3, -0.25) is 4.79 Å². The van der Waals surface area contributed by atoms with Gasteiger partial charge in [-0.1, -0.05) is 12.1 Å². The Morgan fingerprint density at radius 3 is 2.72 bits per heavy atom. The zero-order chi connectivity index (χ0) is 19.8. The molecule has 29 heavy (non-hydrogen) atoms. The monoisotopic (exact) mass is 388 g/mol. The third-order valence-corrected chi connectivity index (χ3v) is 4.93. The zero-order valence-corrected chi connectivity index (χ0v) is 15.4. The molecule has 1 amide bonds. The van der Waals surface area contributed by atoms with Gasteiger partial charge in [0.15, 0.2) is 11.3 Å². The van der Waals surface area contributed by atoms with Crippen LogP contribution in [0, 0.1) is 5.82 Å². The van der Waals surface area contributed by atoms with Crippen LogP contribution in [0.1, 0.15) is 16.9 Å². The molecule has 7 nitrogen and oxygen atoms in total. The molecule has 0 unspecified atom stereocenters. The van der Waals surface area contributed by atoms with E-state index in [9.17, 15) is 9.18 Å².